The summed E-state index contributed by atoms with van der Waals surface area (Å²) in [5.41, 5.74) is 0.610. The summed E-state index contributed by atoms with van der Waals surface area (Å²) in [7, 11) is 0. The Bertz CT molecular complexity index is 520. The molecule has 0 saturated heterocycles. The Morgan fingerprint density at radius 1 is 1.27 bits per heavy atom. The van der Waals surface area contributed by atoms with Crippen LogP contribution in [0.4, 0.5) is 5.69 Å². The van der Waals surface area contributed by atoms with Gasteiger partial charge in [-0.2, -0.15) is 0 Å². The first-order valence-electron chi connectivity index (χ1n) is 4.66. The van der Waals surface area contributed by atoms with E-state index in [1.807, 2.05) is 30.3 Å². The molecule has 3 nitrogen and oxygen atoms in total. The van der Waals surface area contributed by atoms with E-state index in [0.29, 0.717) is 5.69 Å². The number of amides is 1. The maximum Gasteiger partial charge on any atom is 0.221 e. The van der Waals surface area contributed by atoms with Gasteiger partial charge in [-0.15, -0.1) is 0 Å². The second-order valence-electron chi connectivity index (χ2n) is 3.40. The lowest BCUT2D eigenvalue weighted by atomic mass is 10.1. The van der Waals surface area contributed by atoms with E-state index in [9.17, 15) is 9.90 Å². The van der Waals surface area contributed by atoms with Crippen LogP contribution in [0.1, 0.15) is 6.92 Å². The van der Waals surface area contributed by atoms with Gasteiger partial charge >= 0.3 is 0 Å². The van der Waals surface area contributed by atoms with Crippen molar-refractivity contribution in [2.45, 2.75) is 6.92 Å². The number of anilines is 1. The highest BCUT2D eigenvalue weighted by Crippen LogP contribution is 2.28. The summed E-state index contributed by atoms with van der Waals surface area (Å²) < 4.78 is 0. The van der Waals surface area contributed by atoms with Crippen molar-refractivity contribution in [2.24, 2.45) is 0 Å². The van der Waals surface area contributed by atoms with E-state index >= 15 is 0 Å². The third-order valence-corrected chi connectivity index (χ3v) is 2.16. The Balaban J connectivity index is 2.57. The van der Waals surface area contributed by atoms with E-state index in [-0.39, 0.29) is 11.7 Å². The Labute approximate surface area is 87.3 Å². The maximum atomic E-state index is 10.9. The minimum Gasteiger partial charge on any atom is -0.507 e. The highest BCUT2D eigenvalue weighted by Gasteiger charge is 2.02. The fourth-order valence-electron chi connectivity index (χ4n) is 1.57. The molecule has 0 spiro atoms. The number of phenolic OH excluding ortho intramolecular Hbond substituents is 1. The van der Waals surface area contributed by atoms with Gasteiger partial charge in [0.1, 0.15) is 5.75 Å². The molecule has 0 heterocycles. The Hall–Kier alpha value is -2.03. The van der Waals surface area contributed by atoms with Gasteiger partial charge in [0.25, 0.3) is 0 Å². The monoisotopic (exact) mass is 201 g/mol. The van der Waals surface area contributed by atoms with Gasteiger partial charge in [-0.3, -0.25) is 4.79 Å². The summed E-state index contributed by atoms with van der Waals surface area (Å²) in [6.07, 6.45) is 0. The molecule has 0 unspecified atom stereocenters. The zero-order chi connectivity index (χ0) is 10.8. The zero-order valence-corrected chi connectivity index (χ0v) is 8.32. The molecule has 0 aromatic heterocycles. The van der Waals surface area contributed by atoms with Crippen molar-refractivity contribution in [1.82, 2.24) is 0 Å². The van der Waals surface area contributed by atoms with E-state index < -0.39 is 0 Å². The van der Waals surface area contributed by atoms with Gasteiger partial charge in [-0.25, -0.2) is 0 Å². The van der Waals surface area contributed by atoms with Crippen molar-refractivity contribution >= 4 is 22.4 Å². The van der Waals surface area contributed by atoms with Crippen LogP contribution in [0, 0.1) is 0 Å². The number of fused-ring (bicyclic) bond motifs is 1. The quantitative estimate of drug-likeness (QED) is 0.744. The van der Waals surface area contributed by atoms with Crippen LogP contribution in [0.15, 0.2) is 36.4 Å². The molecule has 2 aromatic rings. The predicted molar refractivity (Wildman–Crippen MR) is 59.9 cm³/mol. The number of nitrogens with one attached hydrogen (secondary N) is 1. The van der Waals surface area contributed by atoms with Gasteiger partial charge < -0.3 is 10.4 Å². The third kappa shape index (κ3) is 1.91. The van der Waals surface area contributed by atoms with E-state index in [4.69, 9.17) is 0 Å². The molecule has 2 aromatic carbocycles. The number of carbonyl (C=O) groups excluding carboxylic acids is 1. The fourth-order valence-corrected chi connectivity index (χ4v) is 1.57. The van der Waals surface area contributed by atoms with Gasteiger partial charge in [-0.05, 0) is 11.5 Å². The minimum atomic E-state index is -0.148. The Morgan fingerprint density at radius 2 is 2.00 bits per heavy atom. The highest BCUT2D eigenvalue weighted by atomic mass is 16.3. The molecule has 1 amide bonds. The number of carbonyl (C=O) groups is 1. The molecule has 0 aliphatic rings. The summed E-state index contributed by atoms with van der Waals surface area (Å²) in [5.74, 6) is 0.0292. The zero-order valence-electron chi connectivity index (χ0n) is 8.32. The van der Waals surface area contributed by atoms with Crippen molar-refractivity contribution < 1.29 is 9.90 Å². The summed E-state index contributed by atoms with van der Waals surface area (Å²) in [6, 6.07) is 10.8. The molecule has 2 N–H and O–H groups in total. The second-order valence-corrected chi connectivity index (χ2v) is 3.40. The average molecular weight is 201 g/mol. The molecule has 15 heavy (non-hydrogen) atoms. The van der Waals surface area contributed by atoms with Crippen molar-refractivity contribution in [3.05, 3.63) is 36.4 Å². The van der Waals surface area contributed by atoms with Crippen molar-refractivity contribution in [1.29, 1.82) is 0 Å². The molecular weight excluding hydrogens is 190 g/mol. The normalized spacial score (nSPS) is 10.2. The molecular formula is C12H11NO2. The molecule has 0 bridgehead atoms. The summed E-state index contributed by atoms with van der Waals surface area (Å²) in [5, 5.41) is 14.0. The van der Waals surface area contributed by atoms with Gasteiger partial charge in [-0.1, -0.05) is 24.3 Å². The number of rotatable bonds is 1. The van der Waals surface area contributed by atoms with Crippen LogP contribution in [0.5, 0.6) is 5.75 Å². The van der Waals surface area contributed by atoms with Crippen LogP contribution >= 0.6 is 0 Å². The first-order valence-corrected chi connectivity index (χ1v) is 4.66. The molecule has 3 heteroatoms. The van der Waals surface area contributed by atoms with Crippen LogP contribution in [0.25, 0.3) is 10.8 Å². The molecule has 2 rings (SSSR count). The van der Waals surface area contributed by atoms with Gasteiger partial charge in [0, 0.05) is 24.1 Å². The Kier molecular flexibility index (Phi) is 2.29. The van der Waals surface area contributed by atoms with Crippen LogP contribution in [-0.2, 0) is 4.79 Å². The van der Waals surface area contributed by atoms with Crippen LogP contribution in [0.2, 0.25) is 0 Å². The molecule has 0 aliphatic heterocycles. The molecule has 0 fully saturated rings. The first kappa shape index (κ1) is 9.52. The number of phenols is 1. The fraction of sp³-hybridized carbons (Fsp3) is 0.0833. The van der Waals surface area contributed by atoms with Crippen LogP contribution in [0.3, 0.4) is 0 Å². The lowest BCUT2D eigenvalue weighted by molar-refractivity contribution is -0.114. The standard InChI is InChI=1S/C12H11NO2/c1-8(14)13-10-6-9-4-2-3-5-11(9)12(15)7-10/h2-7,15H,1H3,(H,13,14). The van der Waals surface area contributed by atoms with E-state index in [1.165, 1.54) is 6.92 Å². The molecule has 0 radical (unpaired) electrons. The second kappa shape index (κ2) is 3.61. The number of hydrogen-bond donors (Lipinski definition) is 2. The number of hydrogen-bond acceptors (Lipinski definition) is 2. The van der Waals surface area contributed by atoms with Crippen molar-refractivity contribution in [2.75, 3.05) is 5.32 Å². The molecule has 0 saturated carbocycles. The Morgan fingerprint density at radius 3 is 2.73 bits per heavy atom. The average Bonchev–Trinajstić information content (AvgIpc) is 2.16. The number of aromatic hydroxyl groups is 1. The van der Waals surface area contributed by atoms with E-state index in [1.54, 1.807) is 6.07 Å². The topological polar surface area (TPSA) is 49.3 Å². The van der Waals surface area contributed by atoms with Crippen LogP contribution in [-0.4, -0.2) is 11.0 Å². The minimum absolute atomic E-state index is 0.148. The summed E-state index contributed by atoms with van der Waals surface area (Å²) in [6.45, 7) is 1.44. The van der Waals surface area contributed by atoms with E-state index in [0.717, 1.165) is 10.8 Å². The first-order chi connectivity index (χ1) is 7.16. The van der Waals surface area contributed by atoms with Gasteiger partial charge in [0.2, 0.25) is 5.91 Å². The number of benzene rings is 2. The van der Waals surface area contributed by atoms with Gasteiger partial charge in [0.15, 0.2) is 0 Å². The largest absolute Gasteiger partial charge is 0.507 e. The maximum absolute atomic E-state index is 10.9. The summed E-state index contributed by atoms with van der Waals surface area (Å²) >= 11 is 0. The van der Waals surface area contributed by atoms with E-state index in [2.05, 4.69) is 5.32 Å². The van der Waals surface area contributed by atoms with Crippen molar-refractivity contribution in [3.63, 3.8) is 0 Å². The van der Waals surface area contributed by atoms with Gasteiger partial charge in [0.05, 0.1) is 0 Å². The highest BCUT2D eigenvalue weighted by molar-refractivity contribution is 5.96. The summed E-state index contributed by atoms with van der Waals surface area (Å²) in [4.78, 5) is 10.9. The lowest BCUT2D eigenvalue weighted by Crippen LogP contribution is -2.05. The smallest absolute Gasteiger partial charge is 0.221 e. The molecule has 0 aliphatic carbocycles. The third-order valence-electron chi connectivity index (χ3n) is 2.16. The molecule has 76 valence electrons. The lowest BCUT2D eigenvalue weighted by Gasteiger charge is -2.06. The SMILES string of the molecule is CC(=O)Nc1cc(O)c2ccccc2c1. The van der Waals surface area contributed by atoms with Crippen molar-refractivity contribution in [3.8, 4) is 5.75 Å². The predicted octanol–water partition coefficient (Wildman–Crippen LogP) is 2.50. The van der Waals surface area contributed by atoms with Crippen LogP contribution < -0.4 is 5.32 Å². The molecule has 0 atom stereocenters.